The highest BCUT2D eigenvalue weighted by Gasteiger charge is 2.41. The van der Waals surface area contributed by atoms with Crippen molar-refractivity contribution in [3.05, 3.63) is 0 Å². The molecule has 0 spiro atoms. The lowest BCUT2D eigenvalue weighted by atomic mass is 10.0. The number of nitrogens with zero attached hydrogens (tertiary/aromatic N) is 2. The third-order valence-corrected chi connectivity index (χ3v) is 4.13. The second-order valence-electron chi connectivity index (χ2n) is 5.79. The van der Waals surface area contributed by atoms with Crippen molar-refractivity contribution in [3.8, 4) is 0 Å². The highest BCUT2D eigenvalue weighted by molar-refractivity contribution is 5.93. The van der Waals surface area contributed by atoms with Gasteiger partial charge < -0.3 is 15.1 Å². The average Bonchev–Trinajstić information content (AvgIpc) is 2.80. The summed E-state index contributed by atoms with van der Waals surface area (Å²) < 4.78 is 0. The SMILES string of the molecule is CCC1C(=O)NCCN1C(=O)C1CC(=O)N(C(C)C)C1. The van der Waals surface area contributed by atoms with Gasteiger partial charge in [0.15, 0.2) is 0 Å². The molecule has 2 atom stereocenters. The molecule has 2 aliphatic rings. The Morgan fingerprint density at radius 2 is 2.10 bits per heavy atom. The van der Waals surface area contributed by atoms with Gasteiger partial charge >= 0.3 is 0 Å². The van der Waals surface area contributed by atoms with Crippen LogP contribution in [0.15, 0.2) is 0 Å². The fraction of sp³-hybridized carbons (Fsp3) is 0.786. The van der Waals surface area contributed by atoms with Crippen LogP contribution in [-0.4, -0.2) is 59.2 Å². The van der Waals surface area contributed by atoms with Gasteiger partial charge in [0.05, 0.1) is 5.92 Å². The van der Waals surface area contributed by atoms with Gasteiger partial charge in [-0.15, -0.1) is 0 Å². The summed E-state index contributed by atoms with van der Waals surface area (Å²) in [4.78, 5) is 39.7. The molecule has 6 heteroatoms. The van der Waals surface area contributed by atoms with Gasteiger partial charge in [0.25, 0.3) is 0 Å². The molecule has 2 unspecified atom stereocenters. The number of amides is 3. The lowest BCUT2D eigenvalue weighted by Gasteiger charge is -2.36. The quantitative estimate of drug-likeness (QED) is 0.790. The third kappa shape index (κ3) is 2.64. The molecule has 112 valence electrons. The molecule has 2 heterocycles. The Balaban J connectivity index is 2.08. The maximum absolute atomic E-state index is 12.6. The van der Waals surface area contributed by atoms with Crippen LogP contribution in [0.3, 0.4) is 0 Å². The van der Waals surface area contributed by atoms with Crippen LogP contribution in [0, 0.1) is 5.92 Å². The second kappa shape index (κ2) is 5.81. The predicted molar refractivity (Wildman–Crippen MR) is 73.8 cm³/mol. The lowest BCUT2D eigenvalue weighted by Crippen LogP contribution is -2.58. The Labute approximate surface area is 119 Å². The number of nitrogens with one attached hydrogen (secondary N) is 1. The molecule has 0 aromatic rings. The Morgan fingerprint density at radius 1 is 1.40 bits per heavy atom. The smallest absolute Gasteiger partial charge is 0.242 e. The van der Waals surface area contributed by atoms with E-state index in [4.69, 9.17) is 0 Å². The van der Waals surface area contributed by atoms with Crippen molar-refractivity contribution in [2.24, 2.45) is 5.92 Å². The molecule has 0 aromatic heterocycles. The zero-order chi connectivity index (χ0) is 14.9. The van der Waals surface area contributed by atoms with Gasteiger partial charge in [-0.2, -0.15) is 0 Å². The molecule has 0 aliphatic carbocycles. The molecule has 1 N–H and O–H groups in total. The standard InChI is InChI=1S/C14H23N3O3/c1-4-11-13(19)15-5-6-16(11)14(20)10-7-12(18)17(8-10)9(2)3/h9-11H,4-8H2,1-3H3,(H,15,19). The van der Waals surface area contributed by atoms with Crippen molar-refractivity contribution in [1.82, 2.24) is 15.1 Å². The van der Waals surface area contributed by atoms with E-state index in [1.807, 2.05) is 20.8 Å². The first kappa shape index (κ1) is 14.8. The first-order valence-corrected chi connectivity index (χ1v) is 7.33. The number of carbonyl (C=O) groups is 3. The van der Waals surface area contributed by atoms with Crippen molar-refractivity contribution >= 4 is 17.7 Å². The molecule has 2 rings (SSSR count). The number of carbonyl (C=O) groups excluding carboxylic acids is 3. The molecule has 2 aliphatic heterocycles. The van der Waals surface area contributed by atoms with E-state index in [2.05, 4.69) is 5.32 Å². The van der Waals surface area contributed by atoms with Crippen molar-refractivity contribution in [3.63, 3.8) is 0 Å². The molecule has 0 radical (unpaired) electrons. The van der Waals surface area contributed by atoms with Gasteiger partial charge in [0.2, 0.25) is 17.7 Å². The number of likely N-dealkylation sites (tertiary alicyclic amines) is 1. The van der Waals surface area contributed by atoms with Crippen LogP contribution in [-0.2, 0) is 14.4 Å². The van der Waals surface area contributed by atoms with Crippen molar-refractivity contribution in [2.75, 3.05) is 19.6 Å². The van der Waals surface area contributed by atoms with Gasteiger partial charge in [-0.3, -0.25) is 14.4 Å². The summed E-state index contributed by atoms with van der Waals surface area (Å²) in [6, 6.07) is -0.272. The zero-order valence-electron chi connectivity index (χ0n) is 12.4. The summed E-state index contributed by atoms with van der Waals surface area (Å²) in [5, 5.41) is 2.78. The van der Waals surface area contributed by atoms with E-state index in [9.17, 15) is 14.4 Å². The zero-order valence-corrected chi connectivity index (χ0v) is 12.4. The first-order valence-electron chi connectivity index (χ1n) is 7.33. The normalized spacial score (nSPS) is 27.2. The van der Waals surface area contributed by atoms with Gasteiger partial charge in [-0.1, -0.05) is 6.92 Å². The molecule has 2 fully saturated rings. The van der Waals surface area contributed by atoms with E-state index in [0.29, 0.717) is 26.1 Å². The van der Waals surface area contributed by atoms with Crippen molar-refractivity contribution < 1.29 is 14.4 Å². The summed E-state index contributed by atoms with van der Waals surface area (Å²) >= 11 is 0. The molecule has 0 saturated carbocycles. The van der Waals surface area contributed by atoms with Crippen molar-refractivity contribution in [1.29, 1.82) is 0 Å². The first-order chi connectivity index (χ1) is 9.45. The summed E-state index contributed by atoms with van der Waals surface area (Å²) in [5.41, 5.74) is 0. The minimum Gasteiger partial charge on any atom is -0.353 e. The van der Waals surface area contributed by atoms with E-state index < -0.39 is 0 Å². The Hall–Kier alpha value is -1.59. The van der Waals surface area contributed by atoms with Gasteiger partial charge in [-0.25, -0.2) is 0 Å². The van der Waals surface area contributed by atoms with Crippen LogP contribution >= 0.6 is 0 Å². The van der Waals surface area contributed by atoms with Gasteiger partial charge in [-0.05, 0) is 20.3 Å². The topological polar surface area (TPSA) is 69.7 Å². The summed E-state index contributed by atoms with van der Waals surface area (Å²) in [5.74, 6) is -0.405. The molecule has 6 nitrogen and oxygen atoms in total. The Kier molecular flexibility index (Phi) is 4.30. The third-order valence-electron chi connectivity index (χ3n) is 4.13. The minimum atomic E-state index is -0.389. The lowest BCUT2D eigenvalue weighted by molar-refractivity contribution is -0.146. The van der Waals surface area contributed by atoms with Gasteiger partial charge in [0.1, 0.15) is 6.04 Å². The number of hydrogen-bond acceptors (Lipinski definition) is 3. The summed E-state index contributed by atoms with van der Waals surface area (Å²) in [7, 11) is 0. The van der Waals surface area contributed by atoms with E-state index in [1.165, 1.54) is 0 Å². The van der Waals surface area contributed by atoms with E-state index >= 15 is 0 Å². The predicted octanol–water partition coefficient (Wildman–Crippen LogP) is -0.0197. The fourth-order valence-corrected chi connectivity index (χ4v) is 3.01. The summed E-state index contributed by atoms with van der Waals surface area (Å²) in [6.07, 6.45) is 0.873. The van der Waals surface area contributed by atoms with Crippen LogP contribution in [0.1, 0.15) is 33.6 Å². The molecule has 3 amide bonds. The Bertz CT molecular complexity index is 422. The van der Waals surface area contributed by atoms with Crippen LogP contribution in [0.5, 0.6) is 0 Å². The van der Waals surface area contributed by atoms with E-state index in [0.717, 1.165) is 0 Å². The van der Waals surface area contributed by atoms with Crippen LogP contribution in [0.2, 0.25) is 0 Å². The highest BCUT2D eigenvalue weighted by atomic mass is 16.2. The molecular formula is C14H23N3O3. The Morgan fingerprint density at radius 3 is 2.65 bits per heavy atom. The molecule has 0 aromatic carbocycles. The highest BCUT2D eigenvalue weighted by Crippen LogP contribution is 2.24. The van der Waals surface area contributed by atoms with E-state index in [1.54, 1.807) is 9.80 Å². The van der Waals surface area contributed by atoms with E-state index in [-0.39, 0.29) is 42.1 Å². The van der Waals surface area contributed by atoms with Gasteiger partial charge in [0, 0.05) is 32.1 Å². The molecule has 2 saturated heterocycles. The largest absolute Gasteiger partial charge is 0.353 e. The fourth-order valence-electron chi connectivity index (χ4n) is 3.01. The number of piperazine rings is 1. The summed E-state index contributed by atoms with van der Waals surface area (Å²) in [6.45, 7) is 7.31. The second-order valence-corrected chi connectivity index (χ2v) is 5.79. The molecular weight excluding hydrogens is 258 g/mol. The molecule has 20 heavy (non-hydrogen) atoms. The maximum Gasteiger partial charge on any atom is 0.242 e. The van der Waals surface area contributed by atoms with Crippen LogP contribution < -0.4 is 5.32 Å². The maximum atomic E-state index is 12.6. The number of rotatable bonds is 3. The minimum absolute atomic E-state index is 0.0351. The van der Waals surface area contributed by atoms with Crippen LogP contribution in [0.4, 0.5) is 0 Å². The number of hydrogen-bond donors (Lipinski definition) is 1. The average molecular weight is 281 g/mol. The van der Waals surface area contributed by atoms with Crippen LogP contribution in [0.25, 0.3) is 0 Å². The molecule has 0 bridgehead atoms. The van der Waals surface area contributed by atoms with Crippen molar-refractivity contribution in [2.45, 2.75) is 45.7 Å². The monoisotopic (exact) mass is 281 g/mol.